The van der Waals surface area contributed by atoms with E-state index in [0.717, 1.165) is 38.3 Å². The lowest BCUT2D eigenvalue weighted by atomic mass is 10.2. The number of amides is 2. The van der Waals surface area contributed by atoms with E-state index in [-0.39, 0.29) is 11.8 Å². The van der Waals surface area contributed by atoms with E-state index in [1.165, 1.54) is 11.3 Å². The molecule has 1 aromatic heterocycles. The van der Waals surface area contributed by atoms with Crippen molar-refractivity contribution in [1.82, 2.24) is 15.1 Å². The molecule has 25 heavy (non-hydrogen) atoms. The summed E-state index contributed by atoms with van der Waals surface area (Å²) in [5.41, 5.74) is 1.34. The smallest absolute Gasteiger partial charge is 0.254 e. The van der Waals surface area contributed by atoms with Gasteiger partial charge >= 0.3 is 0 Å². The Hall–Kier alpha value is -1.89. The highest BCUT2D eigenvalue weighted by Crippen LogP contribution is 2.12. The number of carbonyl (C=O) groups excluding carboxylic acids is 2. The van der Waals surface area contributed by atoms with Crippen LogP contribution in [0.1, 0.15) is 20.7 Å². The number of rotatable bonds is 5. The minimum atomic E-state index is -0.117. The third-order valence-corrected chi connectivity index (χ3v) is 5.15. The Morgan fingerprint density at radius 2 is 1.92 bits per heavy atom. The van der Waals surface area contributed by atoms with Gasteiger partial charge in [-0.15, -0.1) is 0 Å². The molecule has 1 fully saturated rings. The third kappa shape index (κ3) is 4.81. The summed E-state index contributed by atoms with van der Waals surface area (Å²) in [6.07, 6.45) is 0. The van der Waals surface area contributed by atoms with Gasteiger partial charge in [0.05, 0.1) is 5.56 Å². The van der Waals surface area contributed by atoms with E-state index < -0.39 is 0 Å². The molecule has 2 amide bonds. The summed E-state index contributed by atoms with van der Waals surface area (Å²) < 4.78 is 0. The zero-order valence-electron chi connectivity index (χ0n) is 13.8. The van der Waals surface area contributed by atoms with Crippen LogP contribution in [0.2, 0.25) is 5.02 Å². The first-order chi connectivity index (χ1) is 12.1. The molecule has 0 spiro atoms. The molecule has 1 aromatic carbocycles. The second-order valence-electron chi connectivity index (χ2n) is 5.91. The van der Waals surface area contributed by atoms with Crippen molar-refractivity contribution < 1.29 is 9.59 Å². The summed E-state index contributed by atoms with van der Waals surface area (Å²) >= 11 is 7.44. The molecule has 0 aliphatic carbocycles. The van der Waals surface area contributed by atoms with Gasteiger partial charge in [0.1, 0.15) is 0 Å². The van der Waals surface area contributed by atoms with Crippen LogP contribution < -0.4 is 5.32 Å². The average molecular weight is 378 g/mol. The maximum absolute atomic E-state index is 12.3. The van der Waals surface area contributed by atoms with E-state index in [1.54, 1.807) is 24.3 Å². The van der Waals surface area contributed by atoms with Crippen LogP contribution in [-0.2, 0) is 0 Å². The normalized spacial score (nSPS) is 15.2. The van der Waals surface area contributed by atoms with Gasteiger partial charge in [-0.1, -0.05) is 17.7 Å². The number of carbonyl (C=O) groups is 2. The first kappa shape index (κ1) is 17.9. The predicted octanol–water partition coefficient (Wildman–Crippen LogP) is 2.59. The molecular formula is C18H20ClN3O2S. The van der Waals surface area contributed by atoms with Crippen molar-refractivity contribution in [2.24, 2.45) is 0 Å². The monoisotopic (exact) mass is 377 g/mol. The number of benzene rings is 1. The lowest BCUT2D eigenvalue weighted by molar-refractivity contribution is 0.0638. The number of hydrogen-bond donors (Lipinski definition) is 1. The summed E-state index contributed by atoms with van der Waals surface area (Å²) in [6, 6.07) is 8.78. The molecule has 0 saturated carbocycles. The van der Waals surface area contributed by atoms with Gasteiger partial charge in [-0.25, -0.2) is 0 Å². The highest BCUT2D eigenvalue weighted by Gasteiger charge is 2.22. The van der Waals surface area contributed by atoms with Gasteiger partial charge in [-0.05, 0) is 29.6 Å². The van der Waals surface area contributed by atoms with Gasteiger partial charge < -0.3 is 10.2 Å². The first-order valence-corrected chi connectivity index (χ1v) is 9.53. The second-order valence-corrected chi connectivity index (χ2v) is 7.13. The van der Waals surface area contributed by atoms with Crippen molar-refractivity contribution in [3.63, 3.8) is 0 Å². The largest absolute Gasteiger partial charge is 0.351 e. The highest BCUT2D eigenvalue weighted by atomic mass is 35.5. The van der Waals surface area contributed by atoms with Crippen molar-refractivity contribution in [3.8, 4) is 0 Å². The van der Waals surface area contributed by atoms with Crippen LogP contribution in [0, 0.1) is 0 Å². The number of nitrogens with zero attached hydrogens (tertiary/aromatic N) is 2. The number of thiophene rings is 1. The number of nitrogens with one attached hydrogen (secondary N) is 1. The Morgan fingerprint density at radius 3 is 2.60 bits per heavy atom. The highest BCUT2D eigenvalue weighted by molar-refractivity contribution is 7.08. The van der Waals surface area contributed by atoms with Gasteiger partial charge in [-0.2, -0.15) is 11.3 Å². The summed E-state index contributed by atoms with van der Waals surface area (Å²) in [4.78, 5) is 28.5. The Morgan fingerprint density at radius 1 is 1.12 bits per heavy atom. The standard InChI is InChI=1S/C18H20ClN3O2S/c19-16-3-1-2-14(12-16)17(23)20-5-6-21-7-9-22(10-8-21)18(24)15-4-11-25-13-15/h1-4,11-13H,5-10H2,(H,20,23). The fourth-order valence-corrected chi connectivity index (χ4v) is 3.62. The molecule has 0 bridgehead atoms. The zero-order chi connectivity index (χ0) is 17.6. The predicted molar refractivity (Wildman–Crippen MR) is 100 cm³/mol. The molecule has 0 unspecified atom stereocenters. The molecule has 0 radical (unpaired) electrons. The SMILES string of the molecule is O=C(NCCN1CCN(C(=O)c2ccsc2)CC1)c1cccc(Cl)c1. The summed E-state index contributed by atoms with van der Waals surface area (Å²) in [7, 11) is 0. The van der Waals surface area contributed by atoms with E-state index in [0.29, 0.717) is 17.1 Å². The average Bonchev–Trinajstić information content (AvgIpc) is 3.16. The van der Waals surface area contributed by atoms with Crippen LogP contribution in [0.3, 0.4) is 0 Å². The molecule has 5 nitrogen and oxygen atoms in total. The van der Waals surface area contributed by atoms with E-state index in [9.17, 15) is 9.59 Å². The van der Waals surface area contributed by atoms with Crippen LogP contribution in [0.15, 0.2) is 41.1 Å². The van der Waals surface area contributed by atoms with Crippen LogP contribution in [-0.4, -0.2) is 60.9 Å². The number of piperazine rings is 1. The first-order valence-electron chi connectivity index (χ1n) is 8.21. The quantitative estimate of drug-likeness (QED) is 0.871. The molecule has 2 aromatic rings. The lowest BCUT2D eigenvalue weighted by Crippen LogP contribution is -2.50. The molecule has 1 aliphatic heterocycles. The van der Waals surface area contributed by atoms with Crippen LogP contribution >= 0.6 is 22.9 Å². The Balaban J connectivity index is 1.39. The van der Waals surface area contributed by atoms with Crippen molar-refractivity contribution in [1.29, 1.82) is 0 Å². The third-order valence-electron chi connectivity index (χ3n) is 4.23. The van der Waals surface area contributed by atoms with Gasteiger partial charge in [0.25, 0.3) is 11.8 Å². The van der Waals surface area contributed by atoms with Gasteiger partial charge in [-0.3, -0.25) is 14.5 Å². The Labute approximate surface area is 156 Å². The summed E-state index contributed by atoms with van der Waals surface area (Å²) in [5, 5.41) is 7.28. The molecule has 2 heterocycles. The van der Waals surface area contributed by atoms with Crippen molar-refractivity contribution >= 4 is 34.8 Å². The molecule has 132 valence electrons. The van der Waals surface area contributed by atoms with Crippen LogP contribution in [0.5, 0.6) is 0 Å². The fourth-order valence-electron chi connectivity index (χ4n) is 2.80. The van der Waals surface area contributed by atoms with Crippen LogP contribution in [0.25, 0.3) is 0 Å². The van der Waals surface area contributed by atoms with E-state index in [1.807, 2.05) is 21.7 Å². The summed E-state index contributed by atoms with van der Waals surface area (Å²) in [5.74, 6) is -0.0102. The maximum Gasteiger partial charge on any atom is 0.254 e. The molecule has 0 atom stereocenters. The van der Waals surface area contributed by atoms with Crippen LogP contribution in [0.4, 0.5) is 0 Å². The van der Waals surface area contributed by atoms with E-state index in [2.05, 4.69) is 10.2 Å². The Bertz CT molecular complexity index is 728. The molecular weight excluding hydrogens is 358 g/mol. The fraction of sp³-hybridized carbons (Fsp3) is 0.333. The molecule has 3 rings (SSSR count). The minimum Gasteiger partial charge on any atom is -0.351 e. The molecule has 1 aliphatic rings. The van der Waals surface area contributed by atoms with Crippen molar-refractivity contribution in [2.75, 3.05) is 39.3 Å². The van der Waals surface area contributed by atoms with E-state index >= 15 is 0 Å². The Kier molecular flexibility index (Phi) is 6.07. The zero-order valence-corrected chi connectivity index (χ0v) is 15.4. The van der Waals surface area contributed by atoms with Gasteiger partial charge in [0, 0.05) is 55.2 Å². The summed E-state index contributed by atoms with van der Waals surface area (Å²) in [6.45, 7) is 4.43. The van der Waals surface area contributed by atoms with Gasteiger partial charge in [0.2, 0.25) is 0 Å². The topological polar surface area (TPSA) is 52.7 Å². The molecule has 1 saturated heterocycles. The number of hydrogen-bond acceptors (Lipinski definition) is 4. The van der Waals surface area contributed by atoms with Gasteiger partial charge in [0.15, 0.2) is 0 Å². The minimum absolute atomic E-state index is 0.107. The van der Waals surface area contributed by atoms with E-state index in [4.69, 9.17) is 11.6 Å². The molecule has 1 N–H and O–H groups in total. The van der Waals surface area contributed by atoms with Crippen molar-refractivity contribution in [3.05, 3.63) is 57.2 Å². The second kappa shape index (κ2) is 8.47. The molecule has 7 heteroatoms. The maximum atomic E-state index is 12.3. The van der Waals surface area contributed by atoms with Crippen molar-refractivity contribution in [2.45, 2.75) is 0 Å². The lowest BCUT2D eigenvalue weighted by Gasteiger charge is -2.34. The number of halogens is 1.